The van der Waals surface area contributed by atoms with Gasteiger partial charge in [-0.1, -0.05) is 20.3 Å². The molecule has 0 spiro atoms. The lowest BCUT2D eigenvalue weighted by molar-refractivity contribution is -0.124. The van der Waals surface area contributed by atoms with Gasteiger partial charge in [0.1, 0.15) is 0 Å². The second-order valence-electron chi connectivity index (χ2n) is 4.58. The van der Waals surface area contributed by atoms with Gasteiger partial charge in [-0.2, -0.15) is 0 Å². The predicted octanol–water partition coefficient (Wildman–Crippen LogP) is 0.761. The summed E-state index contributed by atoms with van der Waals surface area (Å²) in [5.74, 6) is 0.127. The smallest absolute Gasteiger partial charge is 0.237 e. The third-order valence-electron chi connectivity index (χ3n) is 2.99. The van der Waals surface area contributed by atoms with Gasteiger partial charge in [0.05, 0.1) is 12.4 Å². The van der Waals surface area contributed by atoms with Gasteiger partial charge in [-0.05, 0) is 12.8 Å². The molecule has 96 valence electrons. The van der Waals surface area contributed by atoms with Crippen LogP contribution in [0.5, 0.6) is 0 Å². The van der Waals surface area contributed by atoms with E-state index in [0.717, 1.165) is 6.42 Å². The standard InChI is InChI=1S/C12H22N4O/c1-4-9(2)11(13)12(17)15-10(3)7-16-6-5-14-8-16/h5-6,8-11H,4,7,13H2,1-3H3,(H,15,17). The Labute approximate surface area is 102 Å². The molecule has 3 N–H and O–H groups in total. The van der Waals surface area contributed by atoms with E-state index >= 15 is 0 Å². The van der Waals surface area contributed by atoms with Gasteiger partial charge >= 0.3 is 0 Å². The molecule has 1 rings (SSSR count). The Morgan fingerprint density at radius 2 is 2.24 bits per heavy atom. The van der Waals surface area contributed by atoms with E-state index in [9.17, 15) is 4.79 Å². The van der Waals surface area contributed by atoms with Gasteiger partial charge in [-0.3, -0.25) is 4.79 Å². The van der Waals surface area contributed by atoms with Crippen molar-refractivity contribution in [2.45, 2.75) is 45.8 Å². The fourth-order valence-corrected chi connectivity index (χ4v) is 1.61. The van der Waals surface area contributed by atoms with Crippen molar-refractivity contribution in [3.8, 4) is 0 Å². The van der Waals surface area contributed by atoms with Crippen LogP contribution in [0.15, 0.2) is 18.7 Å². The van der Waals surface area contributed by atoms with Crippen molar-refractivity contribution in [3.05, 3.63) is 18.7 Å². The number of imidazole rings is 1. The molecule has 3 atom stereocenters. The first-order valence-corrected chi connectivity index (χ1v) is 6.06. The molecule has 17 heavy (non-hydrogen) atoms. The number of nitrogens with zero attached hydrogens (tertiary/aromatic N) is 2. The summed E-state index contributed by atoms with van der Waals surface area (Å²) >= 11 is 0. The zero-order valence-electron chi connectivity index (χ0n) is 10.8. The lowest BCUT2D eigenvalue weighted by atomic mass is 9.99. The summed E-state index contributed by atoms with van der Waals surface area (Å²) in [6.07, 6.45) is 6.23. The molecule has 0 aliphatic heterocycles. The first kappa shape index (κ1) is 13.7. The number of nitrogens with one attached hydrogen (secondary N) is 1. The van der Waals surface area contributed by atoms with Crippen molar-refractivity contribution in [2.24, 2.45) is 11.7 Å². The van der Waals surface area contributed by atoms with Crippen molar-refractivity contribution >= 4 is 5.91 Å². The summed E-state index contributed by atoms with van der Waals surface area (Å²) in [5, 5.41) is 2.92. The van der Waals surface area contributed by atoms with Crippen LogP contribution in [0.2, 0.25) is 0 Å². The van der Waals surface area contributed by atoms with Crippen molar-refractivity contribution in [2.75, 3.05) is 0 Å². The average molecular weight is 238 g/mol. The number of nitrogens with two attached hydrogens (primary N) is 1. The normalized spacial score (nSPS) is 16.2. The summed E-state index contributed by atoms with van der Waals surface area (Å²) in [6.45, 7) is 6.69. The molecule has 0 aliphatic rings. The van der Waals surface area contributed by atoms with Gasteiger partial charge in [0.25, 0.3) is 0 Å². The Hall–Kier alpha value is -1.36. The highest BCUT2D eigenvalue weighted by molar-refractivity contribution is 5.82. The first-order valence-electron chi connectivity index (χ1n) is 6.06. The molecule has 0 saturated carbocycles. The molecule has 1 aromatic heterocycles. The largest absolute Gasteiger partial charge is 0.350 e. The average Bonchev–Trinajstić information content (AvgIpc) is 2.79. The molecule has 0 aliphatic carbocycles. The van der Waals surface area contributed by atoms with Crippen LogP contribution in [-0.2, 0) is 11.3 Å². The van der Waals surface area contributed by atoms with Crippen molar-refractivity contribution < 1.29 is 4.79 Å². The Bertz CT molecular complexity index is 336. The van der Waals surface area contributed by atoms with Crippen molar-refractivity contribution in [1.82, 2.24) is 14.9 Å². The molecular formula is C12H22N4O. The zero-order valence-corrected chi connectivity index (χ0v) is 10.8. The summed E-state index contributed by atoms with van der Waals surface area (Å²) in [6, 6.07) is -0.378. The highest BCUT2D eigenvalue weighted by Crippen LogP contribution is 2.05. The molecule has 5 nitrogen and oxygen atoms in total. The van der Waals surface area contributed by atoms with E-state index in [1.165, 1.54) is 0 Å². The maximum absolute atomic E-state index is 11.8. The number of carbonyl (C=O) groups is 1. The Morgan fingerprint density at radius 1 is 1.53 bits per heavy atom. The lowest BCUT2D eigenvalue weighted by Crippen LogP contribution is -2.48. The van der Waals surface area contributed by atoms with Crippen molar-refractivity contribution in [1.29, 1.82) is 0 Å². The highest BCUT2D eigenvalue weighted by Gasteiger charge is 2.20. The molecular weight excluding hydrogens is 216 g/mol. The molecule has 5 heteroatoms. The minimum atomic E-state index is -0.426. The fraction of sp³-hybridized carbons (Fsp3) is 0.667. The fourth-order valence-electron chi connectivity index (χ4n) is 1.61. The van der Waals surface area contributed by atoms with Gasteiger partial charge in [-0.15, -0.1) is 0 Å². The number of amides is 1. The van der Waals surface area contributed by atoms with Gasteiger partial charge < -0.3 is 15.6 Å². The molecule has 1 heterocycles. The van der Waals surface area contributed by atoms with Gasteiger partial charge in [0.2, 0.25) is 5.91 Å². The van der Waals surface area contributed by atoms with Crippen LogP contribution in [0.4, 0.5) is 0 Å². The molecule has 0 saturated heterocycles. The van der Waals surface area contributed by atoms with Crippen LogP contribution in [0.25, 0.3) is 0 Å². The van der Waals surface area contributed by atoms with E-state index in [4.69, 9.17) is 5.73 Å². The molecule has 0 fully saturated rings. The zero-order chi connectivity index (χ0) is 12.8. The molecule has 0 aromatic carbocycles. The summed E-state index contributed by atoms with van der Waals surface area (Å²) < 4.78 is 1.93. The van der Waals surface area contributed by atoms with Gasteiger partial charge in [0, 0.05) is 25.0 Å². The predicted molar refractivity (Wildman–Crippen MR) is 67.3 cm³/mol. The van der Waals surface area contributed by atoms with Crippen LogP contribution >= 0.6 is 0 Å². The molecule has 0 bridgehead atoms. The SMILES string of the molecule is CCC(C)C(N)C(=O)NC(C)Cn1ccnc1. The van der Waals surface area contributed by atoms with Gasteiger partial charge in [-0.25, -0.2) is 4.98 Å². The maximum Gasteiger partial charge on any atom is 0.237 e. The maximum atomic E-state index is 11.8. The quantitative estimate of drug-likeness (QED) is 0.768. The van der Waals surface area contributed by atoms with Gasteiger partial charge in [0.15, 0.2) is 0 Å². The molecule has 0 radical (unpaired) electrons. The Balaban J connectivity index is 2.40. The lowest BCUT2D eigenvalue weighted by Gasteiger charge is -2.21. The van der Waals surface area contributed by atoms with Crippen LogP contribution < -0.4 is 11.1 Å². The second kappa shape index (κ2) is 6.39. The van der Waals surface area contributed by atoms with Crippen LogP contribution in [0, 0.1) is 5.92 Å². The minimum Gasteiger partial charge on any atom is -0.350 e. The van der Waals surface area contributed by atoms with Crippen LogP contribution in [0.1, 0.15) is 27.2 Å². The Kier molecular flexibility index (Phi) is 5.15. The number of rotatable bonds is 6. The van der Waals surface area contributed by atoms with Crippen molar-refractivity contribution in [3.63, 3.8) is 0 Å². The third-order valence-corrected chi connectivity index (χ3v) is 2.99. The van der Waals surface area contributed by atoms with E-state index in [2.05, 4.69) is 10.3 Å². The second-order valence-corrected chi connectivity index (χ2v) is 4.58. The highest BCUT2D eigenvalue weighted by atomic mass is 16.2. The number of carbonyl (C=O) groups excluding carboxylic acids is 1. The number of hydrogen-bond acceptors (Lipinski definition) is 3. The third kappa shape index (κ3) is 4.19. The van der Waals surface area contributed by atoms with Crippen LogP contribution in [0.3, 0.4) is 0 Å². The Morgan fingerprint density at radius 3 is 2.76 bits per heavy atom. The topological polar surface area (TPSA) is 72.9 Å². The summed E-state index contributed by atoms with van der Waals surface area (Å²) in [4.78, 5) is 15.8. The first-order chi connectivity index (χ1) is 8.04. The number of aromatic nitrogens is 2. The van der Waals surface area contributed by atoms with Crippen LogP contribution in [-0.4, -0.2) is 27.5 Å². The molecule has 1 amide bonds. The van der Waals surface area contributed by atoms with E-state index in [1.54, 1.807) is 12.5 Å². The summed E-state index contributed by atoms with van der Waals surface area (Å²) in [5.41, 5.74) is 5.86. The molecule has 3 unspecified atom stereocenters. The monoisotopic (exact) mass is 238 g/mol. The van der Waals surface area contributed by atoms with E-state index in [1.807, 2.05) is 31.5 Å². The van der Waals surface area contributed by atoms with E-state index in [0.29, 0.717) is 6.54 Å². The summed E-state index contributed by atoms with van der Waals surface area (Å²) in [7, 11) is 0. The number of hydrogen-bond donors (Lipinski definition) is 2. The molecule has 1 aromatic rings. The van der Waals surface area contributed by atoms with E-state index < -0.39 is 6.04 Å². The van der Waals surface area contributed by atoms with E-state index in [-0.39, 0.29) is 17.9 Å². The minimum absolute atomic E-state index is 0.0480.